The minimum absolute atomic E-state index is 0.00457. The van der Waals surface area contributed by atoms with Crippen LogP contribution in [0.3, 0.4) is 0 Å². The number of fused-ring (bicyclic) bond motifs is 6. The Labute approximate surface area is 425 Å². The summed E-state index contributed by atoms with van der Waals surface area (Å²) in [5.74, 6) is 4.73. The molecule has 396 valence electrons. The molecule has 4 aromatic rings. The lowest BCUT2D eigenvalue weighted by Gasteiger charge is -2.21. The average Bonchev–Trinajstić information content (AvgIpc) is 3.35. The number of ether oxygens (including phenoxy) is 6. The Morgan fingerprint density at radius 2 is 0.457 bits per heavy atom. The predicted molar refractivity (Wildman–Crippen MR) is 296 cm³/mol. The molecule has 0 fully saturated rings. The summed E-state index contributed by atoms with van der Waals surface area (Å²) in [5, 5.41) is 6.55. The Balaban J connectivity index is 1.76. The van der Waals surface area contributed by atoms with Gasteiger partial charge in [-0.25, -0.2) is 0 Å². The molecular weight excluding hydrogens is 896 g/mol. The molecule has 0 saturated carbocycles. The monoisotopic (exact) mass is 993 g/mol. The molecule has 0 saturated heterocycles. The van der Waals surface area contributed by atoms with Gasteiger partial charge in [0.25, 0.3) is 0 Å². The highest BCUT2D eigenvalue weighted by atomic mass is 31.2. The van der Waals surface area contributed by atoms with Crippen LogP contribution in [-0.4, -0.2) is 55.6 Å². The van der Waals surface area contributed by atoms with Gasteiger partial charge in [-0.1, -0.05) is 182 Å². The molecule has 0 bridgehead atoms. The van der Waals surface area contributed by atoms with Gasteiger partial charge in [-0.3, -0.25) is 4.57 Å². The zero-order valence-corrected chi connectivity index (χ0v) is 45.7. The van der Waals surface area contributed by atoms with Gasteiger partial charge in [0.1, 0.15) is 0 Å². The van der Waals surface area contributed by atoms with Crippen LogP contribution >= 0.6 is 7.60 Å². The van der Waals surface area contributed by atoms with Gasteiger partial charge in [0.15, 0.2) is 34.5 Å². The third-order valence-corrected chi connectivity index (χ3v) is 14.4. The van der Waals surface area contributed by atoms with Crippen LogP contribution in [0.4, 0.5) is 0 Å². The molecule has 0 radical (unpaired) electrons. The highest BCUT2D eigenvalue weighted by Gasteiger charge is 2.21. The van der Waals surface area contributed by atoms with Gasteiger partial charge in [0.05, 0.1) is 39.6 Å². The van der Waals surface area contributed by atoms with Crippen molar-refractivity contribution in [3.63, 3.8) is 0 Å². The summed E-state index contributed by atoms with van der Waals surface area (Å²) in [6.45, 7) is 15.0. The van der Waals surface area contributed by atoms with Crippen molar-refractivity contribution in [2.24, 2.45) is 0 Å². The predicted octanol–water partition coefficient (Wildman–Crippen LogP) is 18.4. The molecule has 0 aliphatic carbocycles. The standard InChI is InChI=1S/C60H97O9P/c1-6-11-16-29-36-64-55-43-49-50-44-56(65-37-30-17-12-7-2)58(67-39-32-19-14-9-4)46-52(50)54-48-60(69-41-34-27-25-23-21-22-24-26-28-35-42-70(61,62)63)59(68-40-33-20-15-10-5)47-53(54)51(49)45-57(55)66-38-31-18-13-8-3/h43-48H,6-42H2,1-5H3,(H2,61,62,63). The molecule has 0 aliphatic rings. The minimum Gasteiger partial charge on any atom is -0.490 e. The van der Waals surface area contributed by atoms with E-state index in [2.05, 4.69) is 71.0 Å². The van der Waals surface area contributed by atoms with E-state index in [1.165, 1.54) is 83.5 Å². The third kappa shape index (κ3) is 22.2. The number of hydrogen-bond donors (Lipinski definition) is 2. The van der Waals surface area contributed by atoms with Crippen molar-refractivity contribution >= 4 is 39.9 Å². The van der Waals surface area contributed by atoms with Gasteiger partial charge in [-0.15, -0.1) is 0 Å². The zero-order valence-electron chi connectivity index (χ0n) is 44.8. The zero-order chi connectivity index (χ0) is 50.1. The summed E-state index contributed by atoms with van der Waals surface area (Å²) in [6.07, 6.45) is 33.0. The van der Waals surface area contributed by atoms with Crippen LogP contribution in [0.25, 0.3) is 32.3 Å². The maximum Gasteiger partial charge on any atom is 0.325 e. The SMILES string of the molecule is CCCCCCOc1cc2c3cc(OCCCCCC)c(OCCCCCC)cc3c3cc(OCCCCCCCCCCCCP(=O)(O)O)c(OCCCCCC)cc3c2cc1OCCCCCC. The van der Waals surface area contributed by atoms with Crippen molar-refractivity contribution in [2.45, 2.75) is 227 Å². The minimum atomic E-state index is -3.87. The normalized spacial score (nSPS) is 11.8. The fourth-order valence-electron chi connectivity index (χ4n) is 9.26. The molecule has 70 heavy (non-hydrogen) atoms. The first kappa shape index (κ1) is 59.2. The topological polar surface area (TPSA) is 113 Å². The van der Waals surface area contributed by atoms with Gasteiger partial charge < -0.3 is 38.2 Å². The summed E-state index contributed by atoms with van der Waals surface area (Å²) in [4.78, 5) is 18.2. The Morgan fingerprint density at radius 3 is 0.643 bits per heavy atom. The van der Waals surface area contributed by atoms with Crippen molar-refractivity contribution in [3.05, 3.63) is 36.4 Å². The van der Waals surface area contributed by atoms with Crippen molar-refractivity contribution in [3.8, 4) is 34.5 Å². The van der Waals surface area contributed by atoms with Gasteiger partial charge in [-0.2, -0.15) is 0 Å². The van der Waals surface area contributed by atoms with E-state index >= 15 is 0 Å². The Bertz CT molecular complexity index is 2010. The summed E-state index contributed by atoms with van der Waals surface area (Å²) in [5.41, 5.74) is 0. The lowest BCUT2D eigenvalue weighted by Crippen LogP contribution is -2.05. The van der Waals surface area contributed by atoms with Gasteiger partial charge in [0.2, 0.25) is 0 Å². The van der Waals surface area contributed by atoms with Crippen LogP contribution in [-0.2, 0) is 4.57 Å². The highest BCUT2D eigenvalue weighted by Crippen LogP contribution is 2.47. The largest absolute Gasteiger partial charge is 0.490 e. The molecule has 2 N–H and O–H groups in total. The second kappa shape index (κ2) is 35.7. The van der Waals surface area contributed by atoms with Crippen molar-refractivity contribution in [1.29, 1.82) is 0 Å². The molecular formula is C60H97O9P. The molecule has 4 aromatic carbocycles. The van der Waals surface area contributed by atoms with Crippen molar-refractivity contribution in [2.75, 3.05) is 45.8 Å². The maximum atomic E-state index is 11.1. The summed E-state index contributed by atoms with van der Waals surface area (Å²) in [6, 6.07) is 13.3. The maximum absolute atomic E-state index is 11.1. The molecule has 0 aromatic heterocycles. The van der Waals surface area contributed by atoms with E-state index in [4.69, 9.17) is 38.2 Å². The number of benzene rings is 4. The van der Waals surface area contributed by atoms with Crippen LogP contribution in [0, 0.1) is 0 Å². The van der Waals surface area contributed by atoms with Crippen LogP contribution in [0.1, 0.15) is 227 Å². The molecule has 4 rings (SSSR count). The second-order valence-corrected chi connectivity index (χ2v) is 21.6. The Hall–Kier alpha value is -3.39. The van der Waals surface area contributed by atoms with Crippen LogP contribution < -0.4 is 28.4 Å². The molecule has 0 unspecified atom stereocenters. The molecule has 9 nitrogen and oxygen atoms in total. The Kier molecular flexibility index (Phi) is 30.2. The van der Waals surface area contributed by atoms with E-state index in [9.17, 15) is 4.57 Å². The first-order valence-electron chi connectivity index (χ1n) is 28.6. The quantitative estimate of drug-likeness (QED) is 0.0254. The molecule has 10 heteroatoms. The van der Waals surface area contributed by atoms with Crippen LogP contribution in [0.5, 0.6) is 34.5 Å². The van der Waals surface area contributed by atoms with E-state index in [1.54, 1.807) is 0 Å². The Morgan fingerprint density at radius 1 is 0.286 bits per heavy atom. The first-order valence-corrected chi connectivity index (χ1v) is 30.4. The average molecular weight is 993 g/mol. The molecule has 0 aliphatic heterocycles. The highest BCUT2D eigenvalue weighted by molar-refractivity contribution is 7.51. The third-order valence-electron chi connectivity index (χ3n) is 13.5. The van der Waals surface area contributed by atoms with Crippen molar-refractivity contribution < 1.29 is 42.8 Å². The smallest absolute Gasteiger partial charge is 0.325 e. The molecule has 0 heterocycles. The fourth-order valence-corrected chi connectivity index (χ4v) is 9.90. The second-order valence-electron chi connectivity index (χ2n) is 19.9. The summed E-state index contributed by atoms with van der Waals surface area (Å²) < 4.78 is 51.3. The van der Waals surface area contributed by atoms with Crippen molar-refractivity contribution in [1.82, 2.24) is 0 Å². The van der Waals surface area contributed by atoms with Gasteiger partial charge in [-0.05, 0) is 114 Å². The molecule has 0 atom stereocenters. The van der Waals surface area contributed by atoms with E-state index in [-0.39, 0.29) is 6.16 Å². The summed E-state index contributed by atoms with van der Waals surface area (Å²) in [7, 11) is -3.87. The lowest BCUT2D eigenvalue weighted by molar-refractivity contribution is 0.259. The van der Waals surface area contributed by atoms with Crippen LogP contribution in [0.15, 0.2) is 36.4 Å². The van der Waals surface area contributed by atoms with E-state index in [1.807, 2.05) is 0 Å². The van der Waals surface area contributed by atoms with E-state index in [0.29, 0.717) is 46.1 Å². The first-order chi connectivity index (χ1) is 34.2. The molecule has 0 amide bonds. The number of rotatable bonds is 44. The van der Waals surface area contributed by atoms with Gasteiger partial charge in [0, 0.05) is 6.16 Å². The van der Waals surface area contributed by atoms with E-state index < -0.39 is 7.60 Å². The number of unbranched alkanes of at least 4 members (excludes halogenated alkanes) is 24. The molecule has 0 spiro atoms. The summed E-state index contributed by atoms with van der Waals surface area (Å²) >= 11 is 0. The van der Waals surface area contributed by atoms with Crippen LogP contribution in [0.2, 0.25) is 0 Å². The fraction of sp³-hybridized carbons (Fsp3) is 0.700. The van der Waals surface area contributed by atoms with Gasteiger partial charge >= 0.3 is 7.60 Å². The van der Waals surface area contributed by atoms with E-state index in [0.717, 1.165) is 170 Å². The lowest BCUT2D eigenvalue weighted by atomic mass is 9.93. The number of hydrogen-bond acceptors (Lipinski definition) is 7.